The largest absolute Gasteiger partial charge is 0.369 e. The molecule has 0 aromatic carbocycles. The summed E-state index contributed by atoms with van der Waals surface area (Å²) in [4.78, 5) is 8.31. The topological polar surface area (TPSA) is 63.8 Å². The van der Waals surface area contributed by atoms with Crippen LogP contribution in [-0.2, 0) is 0 Å². The highest BCUT2D eigenvalue weighted by Gasteiger charge is 2.34. The molecule has 0 amide bonds. The molecule has 1 saturated carbocycles. The fourth-order valence-electron chi connectivity index (χ4n) is 3.35. The maximum absolute atomic E-state index is 5.66. The van der Waals surface area contributed by atoms with Crippen molar-refractivity contribution in [2.75, 3.05) is 17.6 Å². The van der Waals surface area contributed by atoms with Gasteiger partial charge in [-0.1, -0.05) is 26.7 Å². The Morgan fingerprint density at radius 2 is 2.05 bits per heavy atom. The second kappa shape index (κ2) is 5.76. The maximum Gasteiger partial charge on any atom is 0.221 e. The number of hydrogen-bond acceptors (Lipinski definition) is 4. The van der Waals surface area contributed by atoms with Crippen molar-refractivity contribution in [1.29, 1.82) is 0 Å². The summed E-state index contributed by atoms with van der Waals surface area (Å²) in [6, 6.07) is 0. The Balaban J connectivity index is 2.04. The van der Waals surface area contributed by atoms with Crippen LogP contribution in [-0.4, -0.2) is 16.5 Å². The Bertz CT molecular complexity index is 422. The number of rotatable bonds is 5. The van der Waals surface area contributed by atoms with Gasteiger partial charge in [0.25, 0.3) is 0 Å². The predicted molar refractivity (Wildman–Crippen MR) is 80.0 cm³/mol. The van der Waals surface area contributed by atoms with E-state index in [0.717, 1.165) is 23.8 Å². The molecule has 0 atom stereocenters. The quantitative estimate of drug-likeness (QED) is 0.853. The molecule has 1 fully saturated rings. The Morgan fingerprint density at radius 1 is 1.37 bits per heavy atom. The second-order valence-electron chi connectivity index (χ2n) is 6.42. The van der Waals surface area contributed by atoms with Crippen LogP contribution < -0.4 is 11.1 Å². The molecule has 1 aromatic heterocycles. The lowest BCUT2D eigenvalue weighted by atomic mass is 9.78. The molecule has 1 aliphatic carbocycles. The van der Waals surface area contributed by atoms with E-state index in [9.17, 15) is 0 Å². The van der Waals surface area contributed by atoms with Crippen molar-refractivity contribution < 1.29 is 0 Å². The molecule has 106 valence electrons. The van der Waals surface area contributed by atoms with Crippen LogP contribution in [0.5, 0.6) is 0 Å². The summed E-state index contributed by atoms with van der Waals surface area (Å²) < 4.78 is 0. The fraction of sp³-hybridized carbons (Fsp3) is 0.733. The number of nitrogens with two attached hydrogens (primary N) is 1. The predicted octanol–water partition coefficient (Wildman–Crippen LogP) is 3.39. The molecule has 19 heavy (non-hydrogen) atoms. The van der Waals surface area contributed by atoms with Crippen molar-refractivity contribution in [2.24, 2.45) is 11.3 Å². The number of nitrogens with one attached hydrogen (secondary N) is 1. The van der Waals surface area contributed by atoms with Gasteiger partial charge in [0.15, 0.2) is 0 Å². The van der Waals surface area contributed by atoms with Gasteiger partial charge in [0.05, 0.1) is 0 Å². The number of aromatic nitrogens is 2. The molecule has 0 radical (unpaired) electrons. The van der Waals surface area contributed by atoms with E-state index < -0.39 is 0 Å². The zero-order chi connectivity index (χ0) is 13.9. The van der Waals surface area contributed by atoms with Crippen LogP contribution >= 0.6 is 0 Å². The van der Waals surface area contributed by atoms with Gasteiger partial charge in [0.1, 0.15) is 5.82 Å². The Kier molecular flexibility index (Phi) is 4.27. The first kappa shape index (κ1) is 14.1. The van der Waals surface area contributed by atoms with Gasteiger partial charge in [-0.2, -0.15) is 4.98 Å². The van der Waals surface area contributed by atoms with Gasteiger partial charge in [-0.15, -0.1) is 0 Å². The highest BCUT2D eigenvalue weighted by molar-refractivity contribution is 5.45. The molecule has 0 saturated heterocycles. The highest BCUT2D eigenvalue weighted by Crippen LogP contribution is 2.43. The molecule has 2 rings (SSSR count). The first-order valence-corrected chi connectivity index (χ1v) is 7.34. The third-order valence-electron chi connectivity index (χ3n) is 4.13. The molecule has 0 bridgehead atoms. The standard InChI is InChI=1S/C15H26N4/c1-11(2)8-15(6-4-5-7-15)10-18-13-12(3)9-17-14(16)19-13/h9,11H,4-8,10H2,1-3H3,(H3,16,17,18,19). The lowest BCUT2D eigenvalue weighted by molar-refractivity contribution is 0.252. The lowest BCUT2D eigenvalue weighted by Crippen LogP contribution is -2.29. The van der Waals surface area contributed by atoms with E-state index in [0.29, 0.717) is 11.4 Å². The molecular formula is C15H26N4. The molecule has 0 aliphatic heterocycles. The van der Waals surface area contributed by atoms with Crippen LogP contribution in [0.15, 0.2) is 6.20 Å². The summed E-state index contributed by atoms with van der Waals surface area (Å²) in [7, 11) is 0. The van der Waals surface area contributed by atoms with Crippen molar-refractivity contribution in [2.45, 2.75) is 52.9 Å². The first-order chi connectivity index (χ1) is 9.01. The van der Waals surface area contributed by atoms with Gasteiger partial charge in [-0.3, -0.25) is 0 Å². The number of nitrogen functional groups attached to an aromatic ring is 1. The van der Waals surface area contributed by atoms with E-state index in [1.807, 2.05) is 6.92 Å². The average Bonchev–Trinajstić information content (AvgIpc) is 2.78. The van der Waals surface area contributed by atoms with E-state index in [1.54, 1.807) is 6.20 Å². The smallest absolute Gasteiger partial charge is 0.221 e. The Morgan fingerprint density at radius 3 is 2.68 bits per heavy atom. The van der Waals surface area contributed by atoms with Crippen molar-refractivity contribution in [3.8, 4) is 0 Å². The van der Waals surface area contributed by atoms with E-state index >= 15 is 0 Å². The third-order valence-corrected chi connectivity index (χ3v) is 4.13. The van der Waals surface area contributed by atoms with Crippen LogP contribution in [0.3, 0.4) is 0 Å². The minimum Gasteiger partial charge on any atom is -0.369 e. The zero-order valence-corrected chi connectivity index (χ0v) is 12.4. The van der Waals surface area contributed by atoms with Crippen LogP contribution in [0, 0.1) is 18.3 Å². The molecule has 4 heteroatoms. The summed E-state index contributed by atoms with van der Waals surface area (Å²) in [5.74, 6) is 1.98. The third kappa shape index (κ3) is 3.58. The van der Waals surface area contributed by atoms with Crippen molar-refractivity contribution in [3.63, 3.8) is 0 Å². The summed E-state index contributed by atoms with van der Waals surface area (Å²) in [5, 5.41) is 3.51. The molecule has 1 aliphatic rings. The van der Waals surface area contributed by atoms with Gasteiger partial charge >= 0.3 is 0 Å². The van der Waals surface area contributed by atoms with Crippen LogP contribution in [0.25, 0.3) is 0 Å². The average molecular weight is 262 g/mol. The Hall–Kier alpha value is -1.32. The summed E-state index contributed by atoms with van der Waals surface area (Å²) in [6.07, 6.45) is 8.46. The van der Waals surface area contributed by atoms with Gasteiger partial charge in [-0.25, -0.2) is 4.98 Å². The molecule has 4 nitrogen and oxygen atoms in total. The van der Waals surface area contributed by atoms with Gasteiger partial charge in [0, 0.05) is 18.3 Å². The first-order valence-electron chi connectivity index (χ1n) is 7.34. The SMILES string of the molecule is Cc1cnc(N)nc1NCC1(CC(C)C)CCCC1. The molecule has 3 N–H and O–H groups in total. The van der Waals surface area contributed by atoms with Crippen LogP contribution in [0.4, 0.5) is 11.8 Å². The second-order valence-corrected chi connectivity index (χ2v) is 6.42. The number of aryl methyl sites for hydroxylation is 1. The van der Waals surface area contributed by atoms with Crippen LogP contribution in [0.2, 0.25) is 0 Å². The summed E-state index contributed by atoms with van der Waals surface area (Å²) in [5.41, 5.74) is 7.17. The van der Waals surface area contributed by atoms with Gasteiger partial charge in [0.2, 0.25) is 5.95 Å². The van der Waals surface area contributed by atoms with Crippen molar-refractivity contribution in [3.05, 3.63) is 11.8 Å². The monoisotopic (exact) mass is 262 g/mol. The molecule has 1 heterocycles. The van der Waals surface area contributed by atoms with Crippen molar-refractivity contribution >= 4 is 11.8 Å². The fourth-order valence-corrected chi connectivity index (χ4v) is 3.35. The van der Waals surface area contributed by atoms with E-state index in [-0.39, 0.29) is 0 Å². The minimum atomic E-state index is 0.345. The van der Waals surface area contributed by atoms with Crippen LogP contribution in [0.1, 0.15) is 51.5 Å². The molecule has 0 unspecified atom stereocenters. The summed E-state index contributed by atoms with van der Waals surface area (Å²) >= 11 is 0. The minimum absolute atomic E-state index is 0.345. The van der Waals surface area contributed by atoms with E-state index in [4.69, 9.17) is 5.73 Å². The number of nitrogens with zero attached hydrogens (tertiary/aromatic N) is 2. The molecular weight excluding hydrogens is 236 g/mol. The lowest BCUT2D eigenvalue weighted by Gasteiger charge is -2.31. The normalized spacial score (nSPS) is 17.9. The number of hydrogen-bond donors (Lipinski definition) is 2. The summed E-state index contributed by atoms with van der Waals surface area (Å²) in [6.45, 7) is 7.65. The van der Waals surface area contributed by atoms with Gasteiger partial charge < -0.3 is 11.1 Å². The van der Waals surface area contributed by atoms with Crippen molar-refractivity contribution in [1.82, 2.24) is 9.97 Å². The van der Waals surface area contributed by atoms with E-state index in [2.05, 4.69) is 29.1 Å². The zero-order valence-electron chi connectivity index (χ0n) is 12.4. The van der Waals surface area contributed by atoms with E-state index in [1.165, 1.54) is 32.1 Å². The van der Waals surface area contributed by atoms with Gasteiger partial charge in [-0.05, 0) is 37.5 Å². The number of anilines is 2. The molecule has 0 spiro atoms. The highest BCUT2D eigenvalue weighted by atomic mass is 15.1. The Labute approximate surface area is 116 Å². The molecule has 1 aromatic rings. The maximum atomic E-state index is 5.66.